The number of fused-ring (bicyclic) bond motifs is 1. The second-order valence-corrected chi connectivity index (χ2v) is 7.10. The Morgan fingerprint density at radius 3 is 2.80 bits per heavy atom. The van der Waals surface area contributed by atoms with Gasteiger partial charge in [-0.1, -0.05) is 44.4 Å². The Kier molecular flexibility index (Phi) is 5.84. The third-order valence-corrected chi connectivity index (χ3v) is 5.21. The van der Waals surface area contributed by atoms with Gasteiger partial charge in [0.15, 0.2) is 0 Å². The van der Waals surface area contributed by atoms with E-state index in [1.807, 2.05) is 31.2 Å². The van der Waals surface area contributed by atoms with Gasteiger partial charge in [-0.15, -0.1) is 0 Å². The number of hydrogen-bond donors (Lipinski definition) is 1. The molecule has 1 fully saturated rings. The van der Waals surface area contributed by atoms with E-state index in [0.29, 0.717) is 24.3 Å². The lowest BCUT2D eigenvalue weighted by molar-refractivity contribution is -0.123. The summed E-state index contributed by atoms with van der Waals surface area (Å²) in [6.07, 6.45) is 9.20. The van der Waals surface area contributed by atoms with Crippen molar-refractivity contribution in [3.63, 3.8) is 0 Å². The molecule has 0 saturated heterocycles. The molecule has 1 aromatic heterocycles. The molecule has 1 atom stereocenters. The molecule has 0 bridgehead atoms. The fraction of sp³-hybridized carbons (Fsp3) is 0.550. The van der Waals surface area contributed by atoms with Crippen molar-refractivity contribution >= 4 is 16.7 Å². The highest BCUT2D eigenvalue weighted by Gasteiger charge is 2.19. The maximum atomic E-state index is 12.6. The molecule has 0 spiro atoms. The molecule has 5 nitrogen and oxygen atoms in total. The van der Waals surface area contributed by atoms with Gasteiger partial charge in [0, 0.05) is 17.8 Å². The molecule has 0 radical (unpaired) electrons. The van der Waals surface area contributed by atoms with E-state index in [4.69, 9.17) is 0 Å². The van der Waals surface area contributed by atoms with E-state index in [1.165, 1.54) is 23.9 Å². The summed E-state index contributed by atoms with van der Waals surface area (Å²) >= 11 is 0. The minimum Gasteiger partial charge on any atom is -0.352 e. The number of nitrogens with one attached hydrogen (secondary N) is 1. The number of nitrogens with zero attached hydrogens (tertiary/aromatic N) is 2. The number of aromatic nitrogens is 2. The molecular formula is C20H27N3O2. The first-order chi connectivity index (χ1) is 12.2. The van der Waals surface area contributed by atoms with E-state index in [1.54, 1.807) is 6.20 Å². The van der Waals surface area contributed by atoms with E-state index in [9.17, 15) is 9.59 Å². The Hall–Kier alpha value is -2.17. The zero-order valence-corrected chi connectivity index (χ0v) is 14.9. The largest absolute Gasteiger partial charge is 0.352 e. The van der Waals surface area contributed by atoms with Crippen molar-refractivity contribution in [1.29, 1.82) is 0 Å². The number of hydrogen-bond acceptors (Lipinski definition) is 3. The Balaban J connectivity index is 1.64. The maximum Gasteiger partial charge on any atom is 0.274 e. The normalized spacial score (nSPS) is 16.7. The molecule has 1 aliphatic rings. The van der Waals surface area contributed by atoms with Crippen molar-refractivity contribution in [1.82, 2.24) is 15.1 Å². The van der Waals surface area contributed by atoms with Crippen molar-refractivity contribution in [2.75, 3.05) is 0 Å². The molecular weight excluding hydrogens is 314 g/mol. The summed E-state index contributed by atoms with van der Waals surface area (Å²) < 4.78 is 1.47. The molecule has 0 aliphatic heterocycles. The standard InChI is InChI=1S/C20H27N3O2/c1-2-17(22-19(24)12-15-8-4-3-5-9-15)14-23-20(25)18-11-7-6-10-16(18)13-21-23/h6-7,10-11,13,15,17H,2-5,8-9,12,14H2,1H3,(H,22,24)/t17-/m1/s1. The number of amides is 1. The van der Waals surface area contributed by atoms with Gasteiger partial charge in [0.2, 0.25) is 5.91 Å². The van der Waals surface area contributed by atoms with Gasteiger partial charge in [-0.2, -0.15) is 5.10 Å². The average molecular weight is 341 g/mol. The lowest BCUT2D eigenvalue weighted by atomic mass is 9.87. The van der Waals surface area contributed by atoms with Gasteiger partial charge in [-0.05, 0) is 31.2 Å². The zero-order chi connectivity index (χ0) is 17.6. The quantitative estimate of drug-likeness (QED) is 0.877. The van der Waals surface area contributed by atoms with Crippen molar-refractivity contribution in [3.8, 4) is 0 Å². The maximum absolute atomic E-state index is 12.6. The lowest BCUT2D eigenvalue weighted by Crippen LogP contribution is -2.41. The van der Waals surface area contributed by atoms with E-state index >= 15 is 0 Å². The van der Waals surface area contributed by atoms with Gasteiger partial charge < -0.3 is 5.32 Å². The molecule has 0 unspecified atom stereocenters. The van der Waals surface area contributed by atoms with Crippen LogP contribution in [0.4, 0.5) is 0 Å². The third kappa shape index (κ3) is 4.47. The summed E-state index contributed by atoms with van der Waals surface area (Å²) in [6.45, 7) is 2.44. The van der Waals surface area contributed by atoms with Gasteiger partial charge in [0.25, 0.3) is 5.56 Å². The number of benzene rings is 1. The molecule has 1 saturated carbocycles. The van der Waals surface area contributed by atoms with Gasteiger partial charge in [0.05, 0.1) is 18.1 Å². The Bertz CT molecular complexity index is 778. The molecule has 25 heavy (non-hydrogen) atoms. The number of carbonyl (C=O) groups is 1. The summed E-state index contributed by atoms with van der Waals surface area (Å²) in [7, 11) is 0. The van der Waals surface area contributed by atoms with Gasteiger partial charge in [0.1, 0.15) is 0 Å². The van der Waals surface area contributed by atoms with Crippen LogP contribution in [0.5, 0.6) is 0 Å². The zero-order valence-electron chi connectivity index (χ0n) is 14.9. The molecule has 1 aromatic carbocycles. The van der Waals surface area contributed by atoms with Crippen molar-refractivity contribution < 1.29 is 4.79 Å². The molecule has 1 amide bonds. The van der Waals surface area contributed by atoms with Crippen LogP contribution in [0, 0.1) is 5.92 Å². The Labute approximate surface area is 148 Å². The second kappa shape index (κ2) is 8.28. The summed E-state index contributed by atoms with van der Waals surface area (Å²) in [5, 5.41) is 8.88. The first kappa shape index (κ1) is 17.6. The molecule has 5 heteroatoms. The third-order valence-electron chi connectivity index (χ3n) is 5.21. The summed E-state index contributed by atoms with van der Waals surface area (Å²) in [5.41, 5.74) is -0.0990. The summed E-state index contributed by atoms with van der Waals surface area (Å²) in [6, 6.07) is 7.39. The fourth-order valence-electron chi connectivity index (χ4n) is 3.68. The van der Waals surface area contributed by atoms with E-state index in [0.717, 1.165) is 24.6 Å². The van der Waals surface area contributed by atoms with Crippen LogP contribution >= 0.6 is 0 Å². The van der Waals surface area contributed by atoms with Crippen LogP contribution in [0.3, 0.4) is 0 Å². The minimum absolute atomic E-state index is 0.0672. The lowest BCUT2D eigenvalue weighted by Gasteiger charge is -2.23. The predicted octanol–water partition coefficient (Wildman–Crippen LogP) is 3.26. The number of carbonyl (C=O) groups excluding carboxylic acids is 1. The molecule has 3 rings (SSSR count). The monoisotopic (exact) mass is 341 g/mol. The van der Waals surface area contributed by atoms with Crippen molar-refractivity contribution in [2.45, 2.75) is 64.5 Å². The minimum atomic E-state index is -0.0990. The van der Waals surface area contributed by atoms with Crippen LogP contribution in [-0.4, -0.2) is 21.7 Å². The van der Waals surface area contributed by atoms with E-state index in [2.05, 4.69) is 10.4 Å². The fourth-order valence-corrected chi connectivity index (χ4v) is 3.68. The highest BCUT2D eigenvalue weighted by Crippen LogP contribution is 2.26. The summed E-state index contributed by atoms with van der Waals surface area (Å²) in [5.74, 6) is 0.625. The van der Waals surface area contributed by atoms with Crippen LogP contribution in [-0.2, 0) is 11.3 Å². The highest BCUT2D eigenvalue weighted by molar-refractivity contribution is 5.80. The van der Waals surface area contributed by atoms with Crippen LogP contribution in [0.15, 0.2) is 35.3 Å². The van der Waals surface area contributed by atoms with E-state index in [-0.39, 0.29) is 17.5 Å². The predicted molar refractivity (Wildman–Crippen MR) is 99.4 cm³/mol. The first-order valence-electron chi connectivity index (χ1n) is 9.41. The second-order valence-electron chi connectivity index (χ2n) is 7.10. The SMILES string of the molecule is CC[C@H](Cn1ncc2ccccc2c1=O)NC(=O)CC1CCCCC1. The average Bonchev–Trinajstić information content (AvgIpc) is 2.64. The van der Waals surface area contributed by atoms with Crippen LogP contribution < -0.4 is 10.9 Å². The van der Waals surface area contributed by atoms with Crippen molar-refractivity contribution in [2.24, 2.45) is 5.92 Å². The molecule has 1 N–H and O–H groups in total. The number of rotatable bonds is 6. The molecule has 1 heterocycles. The van der Waals surface area contributed by atoms with Gasteiger partial charge in [-0.3, -0.25) is 9.59 Å². The van der Waals surface area contributed by atoms with Crippen LogP contribution in [0.25, 0.3) is 10.8 Å². The van der Waals surface area contributed by atoms with Crippen molar-refractivity contribution in [3.05, 3.63) is 40.8 Å². The summed E-state index contributed by atoms with van der Waals surface area (Å²) in [4.78, 5) is 24.9. The van der Waals surface area contributed by atoms with E-state index < -0.39 is 0 Å². The van der Waals surface area contributed by atoms with Gasteiger partial charge in [-0.25, -0.2) is 4.68 Å². The van der Waals surface area contributed by atoms with Crippen LogP contribution in [0.1, 0.15) is 51.9 Å². The van der Waals surface area contributed by atoms with Crippen LogP contribution in [0.2, 0.25) is 0 Å². The Morgan fingerprint density at radius 2 is 2.04 bits per heavy atom. The molecule has 1 aliphatic carbocycles. The molecule has 134 valence electrons. The topological polar surface area (TPSA) is 64.0 Å². The first-order valence-corrected chi connectivity index (χ1v) is 9.41. The highest BCUT2D eigenvalue weighted by atomic mass is 16.2. The van der Waals surface area contributed by atoms with Gasteiger partial charge >= 0.3 is 0 Å². The molecule has 2 aromatic rings. The Morgan fingerprint density at radius 1 is 1.28 bits per heavy atom. The smallest absolute Gasteiger partial charge is 0.274 e.